The quantitative estimate of drug-likeness (QED) is 0.625. The van der Waals surface area contributed by atoms with Crippen molar-refractivity contribution >= 4 is 0 Å². The van der Waals surface area contributed by atoms with Gasteiger partial charge in [0.05, 0.1) is 24.9 Å². The Morgan fingerprint density at radius 3 is 2.95 bits per heavy atom. The average molecular weight is 268 g/mol. The van der Waals surface area contributed by atoms with Crippen LogP contribution in [0.25, 0.3) is 0 Å². The summed E-state index contributed by atoms with van der Waals surface area (Å²) in [6.07, 6.45) is 2.69. The van der Waals surface area contributed by atoms with Gasteiger partial charge >= 0.3 is 0 Å². The summed E-state index contributed by atoms with van der Waals surface area (Å²) in [6.45, 7) is 6.63. The zero-order chi connectivity index (χ0) is 13.8. The van der Waals surface area contributed by atoms with Crippen LogP contribution in [-0.2, 0) is 4.74 Å². The molecule has 0 amide bonds. The monoisotopic (exact) mass is 268 g/mol. The van der Waals surface area contributed by atoms with Gasteiger partial charge in [-0.25, -0.2) is 4.39 Å². The van der Waals surface area contributed by atoms with Gasteiger partial charge in [-0.05, 0) is 25.5 Å². The number of hydrazine groups is 1. The van der Waals surface area contributed by atoms with E-state index in [0.29, 0.717) is 18.2 Å². The number of hydrogen-bond acceptors (Lipinski definition) is 5. The topological polar surface area (TPSA) is 63.4 Å². The molecule has 106 valence electrons. The van der Waals surface area contributed by atoms with Crippen LogP contribution >= 0.6 is 0 Å². The highest BCUT2D eigenvalue weighted by Crippen LogP contribution is 2.22. The van der Waals surface area contributed by atoms with Crippen LogP contribution in [-0.4, -0.2) is 41.7 Å². The maximum atomic E-state index is 13.3. The van der Waals surface area contributed by atoms with Crippen LogP contribution in [0.5, 0.6) is 0 Å². The molecule has 0 bridgehead atoms. The summed E-state index contributed by atoms with van der Waals surface area (Å²) in [7, 11) is 0. The largest absolute Gasteiger partial charge is 0.374 e. The van der Waals surface area contributed by atoms with Gasteiger partial charge in [-0.15, -0.1) is 0 Å². The second-order valence-electron chi connectivity index (χ2n) is 5.08. The molecule has 5 nitrogen and oxygen atoms in total. The van der Waals surface area contributed by atoms with E-state index in [1.165, 1.54) is 12.3 Å². The van der Waals surface area contributed by atoms with E-state index in [0.717, 1.165) is 13.1 Å². The summed E-state index contributed by atoms with van der Waals surface area (Å²) < 4.78 is 19.0. The van der Waals surface area contributed by atoms with Crippen LogP contribution in [0, 0.1) is 5.82 Å². The Kier molecular flexibility index (Phi) is 4.81. The Hall–Kier alpha value is -1.08. The molecule has 0 aliphatic carbocycles. The van der Waals surface area contributed by atoms with Crippen LogP contribution in [0.1, 0.15) is 25.5 Å². The second-order valence-corrected chi connectivity index (χ2v) is 5.08. The van der Waals surface area contributed by atoms with Crippen molar-refractivity contribution in [3.8, 4) is 0 Å². The number of hydrogen-bond donors (Lipinski definition) is 2. The first-order valence-corrected chi connectivity index (χ1v) is 6.54. The van der Waals surface area contributed by atoms with Gasteiger partial charge in [-0.1, -0.05) is 0 Å². The molecular formula is C13H21FN4O. The summed E-state index contributed by atoms with van der Waals surface area (Å²) in [5, 5.41) is 0. The van der Waals surface area contributed by atoms with Gasteiger partial charge in [0.1, 0.15) is 5.82 Å². The fourth-order valence-corrected chi connectivity index (χ4v) is 2.38. The van der Waals surface area contributed by atoms with Gasteiger partial charge in [0.25, 0.3) is 0 Å². The normalized spacial score (nSPS) is 22.7. The maximum Gasteiger partial charge on any atom is 0.141 e. The second kappa shape index (κ2) is 6.38. The molecule has 2 rings (SSSR count). The number of aromatic nitrogens is 1. The number of pyridine rings is 1. The van der Waals surface area contributed by atoms with E-state index in [4.69, 9.17) is 10.6 Å². The van der Waals surface area contributed by atoms with E-state index in [2.05, 4.69) is 29.2 Å². The van der Waals surface area contributed by atoms with E-state index in [-0.39, 0.29) is 18.0 Å². The lowest BCUT2D eigenvalue weighted by Gasteiger charge is -2.38. The Balaban J connectivity index is 2.13. The summed E-state index contributed by atoms with van der Waals surface area (Å²) in [4.78, 5) is 6.19. The van der Waals surface area contributed by atoms with E-state index in [9.17, 15) is 4.39 Å². The van der Waals surface area contributed by atoms with Crippen LogP contribution < -0.4 is 11.3 Å². The standard InChI is InChI=1S/C13H21FN4O/c1-9(2)18-3-4-19-12(8-18)13(17-15)10-5-11(14)7-16-6-10/h5-7,9,12-13,17H,3-4,8,15H2,1-2H3. The van der Waals surface area contributed by atoms with Crippen molar-refractivity contribution in [2.45, 2.75) is 32.0 Å². The van der Waals surface area contributed by atoms with Crippen molar-refractivity contribution in [3.63, 3.8) is 0 Å². The number of nitrogens with one attached hydrogen (secondary N) is 1. The lowest BCUT2D eigenvalue weighted by atomic mass is 10.0. The number of ether oxygens (including phenoxy) is 1. The first-order chi connectivity index (χ1) is 9.11. The first-order valence-electron chi connectivity index (χ1n) is 6.54. The van der Waals surface area contributed by atoms with Crippen LogP contribution in [0.3, 0.4) is 0 Å². The molecule has 2 heterocycles. The fourth-order valence-electron chi connectivity index (χ4n) is 2.38. The average Bonchev–Trinajstić information content (AvgIpc) is 2.40. The molecule has 0 radical (unpaired) electrons. The molecule has 0 aromatic carbocycles. The van der Waals surface area contributed by atoms with E-state index < -0.39 is 0 Å². The SMILES string of the molecule is CC(C)N1CCOC(C(NN)c2cncc(F)c2)C1. The summed E-state index contributed by atoms with van der Waals surface area (Å²) in [5.41, 5.74) is 3.42. The number of nitrogens with zero attached hydrogens (tertiary/aromatic N) is 2. The van der Waals surface area contributed by atoms with E-state index in [1.807, 2.05) is 0 Å². The van der Waals surface area contributed by atoms with Crippen molar-refractivity contribution in [1.82, 2.24) is 15.3 Å². The van der Waals surface area contributed by atoms with Crippen molar-refractivity contribution in [2.24, 2.45) is 5.84 Å². The van der Waals surface area contributed by atoms with Crippen LogP contribution in [0.15, 0.2) is 18.5 Å². The summed E-state index contributed by atoms with van der Waals surface area (Å²) in [5.74, 6) is 5.24. The predicted octanol–water partition coefficient (Wildman–Crippen LogP) is 0.834. The maximum absolute atomic E-state index is 13.3. The molecule has 0 saturated carbocycles. The van der Waals surface area contributed by atoms with Crippen LogP contribution in [0.4, 0.5) is 4.39 Å². The molecule has 2 unspecified atom stereocenters. The predicted molar refractivity (Wildman–Crippen MR) is 70.7 cm³/mol. The third kappa shape index (κ3) is 3.48. The molecule has 1 aliphatic heterocycles. The molecule has 2 atom stereocenters. The van der Waals surface area contributed by atoms with Gasteiger partial charge in [0, 0.05) is 25.3 Å². The minimum absolute atomic E-state index is 0.107. The Bertz CT molecular complexity index is 415. The molecule has 1 saturated heterocycles. The number of halogens is 1. The minimum atomic E-state index is -0.366. The molecule has 6 heteroatoms. The molecule has 3 N–H and O–H groups in total. The number of rotatable bonds is 4. The highest BCUT2D eigenvalue weighted by atomic mass is 19.1. The summed E-state index contributed by atoms with van der Waals surface area (Å²) in [6, 6.07) is 1.63. The highest BCUT2D eigenvalue weighted by Gasteiger charge is 2.30. The molecule has 1 aromatic rings. The number of nitrogens with two attached hydrogens (primary N) is 1. The lowest BCUT2D eigenvalue weighted by Crippen LogP contribution is -2.51. The molecular weight excluding hydrogens is 247 g/mol. The minimum Gasteiger partial charge on any atom is -0.374 e. The smallest absolute Gasteiger partial charge is 0.141 e. The van der Waals surface area contributed by atoms with Gasteiger partial charge in [-0.2, -0.15) is 0 Å². The Labute approximate surface area is 112 Å². The zero-order valence-corrected chi connectivity index (χ0v) is 11.3. The fraction of sp³-hybridized carbons (Fsp3) is 0.615. The Morgan fingerprint density at radius 1 is 1.53 bits per heavy atom. The lowest BCUT2D eigenvalue weighted by molar-refractivity contribution is -0.0562. The van der Waals surface area contributed by atoms with E-state index >= 15 is 0 Å². The number of morpholine rings is 1. The van der Waals surface area contributed by atoms with Gasteiger partial charge in [0.15, 0.2) is 0 Å². The third-order valence-electron chi connectivity index (χ3n) is 3.49. The van der Waals surface area contributed by atoms with Crippen molar-refractivity contribution in [2.75, 3.05) is 19.7 Å². The van der Waals surface area contributed by atoms with Crippen molar-refractivity contribution in [1.29, 1.82) is 0 Å². The van der Waals surface area contributed by atoms with Crippen molar-refractivity contribution < 1.29 is 9.13 Å². The van der Waals surface area contributed by atoms with Gasteiger partial charge < -0.3 is 4.74 Å². The van der Waals surface area contributed by atoms with Gasteiger partial charge in [-0.3, -0.25) is 21.2 Å². The van der Waals surface area contributed by atoms with E-state index in [1.54, 1.807) is 6.20 Å². The Morgan fingerprint density at radius 2 is 2.32 bits per heavy atom. The molecule has 1 aromatic heterocycles. The third-order valence-corrected chi connectivity index (χ3v) is 3.49. The zero-order valence-electron chi connectivity index (χ0n) is 11.3. The van der Waals surface area contributed by atoms with Gasteiger partial charge in [0.2, 0.25) is 0 Å². The molecule has 1 fully saturated rings. The molecule has 1 aliphatic rings. The van der Waals surface area contributed by atoms with Crippen LogP contribution in [0.2, 0.25) is 0 Å². The molecule has 19 heavy (non-hydrogen) atoms. The van der Waals surface area contributed by atoms with Crippen molar-refractivity contribution in [3.05, 3.63) is 29.8 Å². The first kappa shape index (κ1) is 14.3. The highest BCUT2D eigenvalue weighted by molar-refractivity contribution is 5.17. The molecule has 0 spiro atoms. The summed E-state index contributed by atoms with van der Waals surface area (Å²) >= 11 is 0.